The van der Waals surface area contributed by atoms with Gasteiger partial charge in [0.1, 0.15) is 5.75 Å². The normalized spacial score (nSPS) is 10.7. The number of rotatable bonds is 5. The molecule has 0 bridgehead atoms. The van der Waals surface area contributed by atoms with Crippen molar-refractivity contribution in [3.63, 3.8) is 0 Å². The second-order valence-electron chi connectivity index (χ2n) is 3.58. The van der Waals surface area contributed by atoms with Gasteiger partial charge in [-0.05, 0) is 18.6 Å². The predicted octanol–water partition coefficient (Wildman–Crippen LogP) is 2.93. The van der Waals surface area contributed by atoms with Crippen LogP contribution in [0.2, 0.25) is 0 Å². The van der Waals surface area contributed by atoms with Crippen molar-refractivity contribution >= 4 is 11.0 Å². The Morgan fingerprint density at radius 1 is 1.40 bits per heavy atom. The average Bonchev–Trinajstić information content (AvgIpc) is 2.71. The summed E-state index contributed by atoms with van der Waals surface area (Å²) >= 11 is 0. The SMILES string of the molecule is CCCCCOc1ccc2[nH][c]nc2c1. The lowest BCUT2D eigenvalue weighted by Crippen LogP contribution is -1.96. The van der Waals surface area contributed by atoms with Crippen LogP contribution in [0.3, 0.4) is 0 Å². The Labute approximate surface area is 89.5 Å². The number of unbranched alkanes of at least 4 members (excludes halogenated alkanes) is 2. The molecule has 0 unspecified atom stereocenters. The van der Waals surface area contributed by atoms with E-state index in [1.807, 2.05) is 18.2 Å². The number of aromatic nitrogens is 2. The molecule has 0 aliphatic heterocycles. The largest absolute Gasteiger partial charge is 0.494 e. The van der Waals surface area contributed by atoms with E-state index in [1.165, 1.54) is 12.8 Å². The number of aromatic amines is 1. The molecule has 2 rings (SSSR count). The van der Waals surface area contributed by atoms with Gasteiger partial charge in [-0.1, -0.05) is 19.8 Å². The first-order valence-corrected chi connectivity index (χ1v) is 5.39. The minimum Gasteiger partial charge on any atom is -0.494 e. The smallest absolute Gasteiger partial charge is 0.174 e. The number of hydrogen-bond acceptors (Lipinski definition) is 2. The summed E-state index contributed by atoms with van der Waals surface area (Å²) in [4.78, 5) is 6.99. The van der Waals surface area contributed by atoms with Gasteiger partial charge in [0.15, 0.2) is 6.33 Å². The van der Waals surface area contributed by atoms with Crippen molar-refractivity contribution in [2.24, 2.45) is 0 Å². The van der Waals surface area contributed by atoms with Gasteiger partial charge in [0.25, 0.3) is 0 Å². The van der Waals surface area contributed by atoms with Gasteiger partial charge in [-0.25, -0.2) is 4.98 Å². The molecule has 0 atom stereocenters. The van der Waals surface area contributed by atoms with E-state index in [1.54, 1.807) is 0 Å². The van der Waals surface area contributed by atoms with Crippen LogP contribution in [-0.2, 0) is 0 Å². The molecule has 1 aromatic carbocycles. The van der Waals surface area contributed by atoms with Gasteiger partial charge >= 0.3 is 0 Å². The van der Waals surface area contributed by atoms with Crippen LogP contribution in [-0.4, -0.2) is 16.6 Å². The quantitative estimate of drug-likeness (QED) is 0.759. The maximum absolute atomic E-state index is 5.62. The third-order valence-corrected chi connectivity index (χ3v) is 2.35. The molecule has 79 valence electrons. The highest BCUT2D eigenvalue weighted by Crippen LogP contribution is 2.17. The topological polar surface area (TPSA) is 37.9 Å². The monoisotopic (exact) mass is 203 g/mol. The highest BCUT2D eigenvalue weighted by molar-refractivity contribution is 5.75. The zero-order valence-corrected chi connectivity index (χ0v) is 8.92. The third kappa shape index (κ3) is 2.49. The summed E-state index contributed by atoms with van der Waals surface area (Å²) in [6.45, 7) is 2.97. The standard InChI is InChI=1S/C12H15N2O/c1-2-3-4-7-15-10-5-6-11-12(8-10)14-9-13-11/h5-6,8H,2-4,7H2,1H3,(H,13,14). The molecule has 15 heavy (non-hydrogen) atoms. The molecule has 1 heterocycles. The number of imidazole rings is 1. The van der Waals surface area contributed by atoms with Crippen LogP contribution in [0, 0.1) is 6.33 Å². The molecule has 1 aromatic heterocycles. The second kappa shape index (κ2) is 4.82. The van der Waals surface area contributed by atoms with Crippen LogP contribution < -0.4 is 4.74 Å². The first-order chi connectivity index (χ1) is 7.40. The highest BCUT2D eigenvalue weighted by Gasteiger charge is 1.98. The van der Waals surface area contributed by atoms with Crippen molar-refractivity contribution in [2.45, 2.75) is 26.2 Å². The Morgan fingerprint density at radius 3 is 3.20 bits per heavy atom. The minimum absolute atomic E-state index is 0.785. The first kappa shape index (κ1) is 10.0. The van der Waals surface area contributed by atoms with Crippen molar-refractivity contribution in [1.29, 1.82) is 0 Å². The van der Waals surface area contributed by atoms with E-state index < -0.39 is 0 Å². The Hall–Kier alpha value is -1.51. The zero-order chi connectivity index (χ0) is 10.5. The maximum atomic E-state index is 5.62. The number of hydrogen-bond donors (Lipinski definition) is 1. The Bertz CT molecular complexity index is 422. The Kier molecular flexibility index (Phi) is 3.22. The van der Waals surface area contributed by atoms with Gasteiger partial charge in [0.05, 0.1) is 17.6 Å². The fraction of sp³-hybridized carbons (Fsp3) is 0.417. The fourth-order valence-corrected chi connectivity index (χ4v) is 1.49. The molecule has 1 radical (unpaired) electrons. The van der Waals surface area contributed by atoms with E-state index in [2.05, 4.69) is 23.2 Å². The molecule has 0 aliphatic carbocycles. The van der Waals surface area contributed by atoms with E-state index in [-0.39, 0.29) is 0 Å². The zero-order valence-electron chi connectivity index (χ0n) is 8.92. The Morgan fingerprint density at radius 2 is 2.33 bits per heavy atom. The van der Waals surface area contributed by atoms with Crippen molar-refractivity contribution in [3.05, 3.63) is 24.5 Å². The van der Waals surface area contributed by atoms with Crippen LogP contribution in [0.5, 0.6) is 5.75 Å². The predicted molar refractivity (Wildman–Crippen MR) is 59.9 cm³/mol. The molecule has 0 amide bonds. The van der Waals surface area contributed by atoms with E-state index in [0.717, 1.165) is 29.8 Å². The highest BCUT2D eigenvalue weighted by atomic mass is 16.5. The van der Waals surface area contributed by atoms with E-state index in [0.29, 0.717) is 0 Å². The molecule has 0 saturated heterocycles. The lowest BCUT2D eigenvalue weighted by molar-refractivity contribution is 0.306. The maximum Gasteiger partial charge on any atom is 0.174 e. The molecule has 3 nitrogen and oxygen atoms in total. The van der Waals surface area contributed by atoms with Gasteiger partial charge < -0.3 is 9.72 Å². The fourth-order valence-electron chi connectivity index (χ4n) is 1.49. The molecule has 0 aliphatic rings. The summed E-state index contributed by atoms with van der Waals surface area (Å²) in [7, 11) is 0. The molecule has 0 saturated carbocycles. The summed E-state index contributed by atoms with van der Waals surface area (Å²) in [6, 6.07) is 5.86. The number of fused-ring (bicyclic) bond motifs is 1. The van der Waals surface area contributed by atoms with E-state index >= 15 is 0 Å². The molecular weight excluding hydrogens is 188 g/mol. The van der Waals surface area contributed by atoms with E-state index in [4.69, 9.17) is 4.74 Å². The third-order valence-electron chi connectivity index (χ3n) is 2.35. The van der Waals surface area contributed by atoms with Crippen LogP contribution in [0.1, 0.15) is 26.2 Å². The van der Waals surface area contributed by atoms with E-state index in [9.17, 15) is 0 Å². The summed E-state index contributed by atoms with van der Waals surface area (Å²) in [5.74, 6) is 0.888. The molecule has 0 spiro atoms. The van der Waals surface area contributed by atoms with Crippen LogP contribution >= 0.6 is 0 Å². The van der Waals surface area contributed by atoms with Crippen molar-refractivity contribution < 1.29 is 4.74 Å². The van der Waals surface area contributed by atoms with Gasteiger partial charge in [-0.15, -0.1) is 0 Å². The lowest BCUT2D eigenvalue weighted by atomic mass is 10.2. The van der Waals surface area contributed by atoms with Crippen LogP contribution in [0.15, 0.2) is 18.2 Å². The molecular formula is C12H15N2O. The summed E-state index contributed by atoms with van der Waals surface area (Å²) in [5, 5.41) is 0. The Balaban J connectivity index is 1.96. The summed E-state index contributed by atoms with van der Waals surface area (Å²) < 4.78 is 5.62. The second-order valence-corrected chi connectivity index (χ2v) is 3.58. The van der Waals surface area contributed by atoms with Gasteiger partial charge in [-0.2, -0.15) is 0 Å². The minimum atomic E-state index is 0.785. The molecule has 2 aromatic rings. The van der Waals surface area contributed by atoms with Gasteiger partial charge in [0.2, 0.25) is 0 Å². The number of nitrogens with zero attached hydrogens (tertiary/aromatic N) is 1. The lowest BCUT2D eigenvalue weighted by Gasteiger charge is -2.04. The van der Waals surface area contributed by atoms with Gasteiger partial charge in [0, 0.05) is 6.07 Å². The summed E-state index contributed by atoms with van der Waals surface area (Å²) in [5.41, 5.74) is 1.90. The molecule has 0 fully saturated rings. The van der Waals surface area contributed by atoms with Crippen molar-refractivity contribution in [3.8, 4) is 5.75 Å². The van der Waals surface area contributed by atoms with Crippen LogP contribution in [0.4, 0.5) is 0 Å². The molecule has 1 N–H and O–H groups in total. The van der Waals surface area contributed by atoms with Crippen LogP contribution in [0.25, 0.3) is 11.0 Å². The number of benzene rings is 1. The average molecular weight is 203 g/mol. The van der Waals surface area contributed by atoms with Gasteiger partial charge in [-0.3, -0.25) is 0 Å². The number of H-pyrrole nitrogens is 1. The number of ether oxygens (including phenoxy) is 1. The number of nitrogens with one attached hydrogen (secondary N) is 1. The van der Waals surface area contributed by atoms with Crippen molar-refractivity contribution in [1.82, 2.24) is 9.97 Å². The van der Waals surface area contributed by atoms with Crippen molar-refractivity contribution in [2.75, 3.05) is 6.61 Å². The molecule has 3 heteroatoms. The first-order valence-electron chi connectivity index (χ1n) is 5.39. The summed E-state index contributed by atoms with van der Waals surface area (Å²) in [6.07, 6.45) is 6.26.